The molecule has 0 aromatic carbocycles. The number of rotatable bonds is 3. The quantitative estimate of drug-likeness (QED) is 0.929. The second-order valence-corrected chi connectivity index (χ2v) is 6.12. The molecule has 0 spiro atoms. The van der Waals surface area contributed by atoms with Crippen molar-refractivity contribution in [2.75, 3.05) is 6.61 Å². The van der Waals surface area contributed by atoms with Gasteiger partial charge in [-0.15, -0.1) is 11.3 Å². The second kappa shape index (κ2) is 4.53. The maximum Gasteiger partial charge on any atom is 0.0809 e. The first-order valence-corrected chi connectivity index (χ1v) is 6.90. The minimum Gasteiger partial charge on any atom is -0.374 e. The van der Waals surface area contributed by atoms with Crippen molar-refractivity contribution in [3.8, 4) is 0 Å². The Labute approximate surface area is 103 Å². The van der Waals surface area contributed by atoms with Crippen LogP contribution in [0, 0.1) is 0 Å². The van der Waals surface area contributed by atoms with E-state index in [9.17, 15) is 0 Å². The van der Waals surface area contributed by atoms with Gasteiger partial charge in [-0.3, -0.25) is 0 Å². The number of hydrogen-bond donors (Lipinski definition) is 1. The lowest BCUT2D eigenvalue weighted by Gasteiger charge is -2.30. The van der Waals surface area contributed by atoms with Crippen LogP contribution >= 0.6 is 27.3 Å². The summed E-state index contributed by atoms with van der Waals surface area (Å²) in [5, 5.41) is 2.09. The average Bonchev–Trinajstić information content (AvgIpc) is 2.78. The number of ether oxygens (including phenoxy) is 1. The predicted molar refractivity (Wildman–Crippen MR) is 67.3 cm³/mol. The van der Waals surface area contributed by atoms with Crippen LogP contribution in [-0.2, 0) is 11.2 Å². The van der Waals surface area contributed by atoms with Gasteiger partial charge in [0.2, 0.25) is 0 Å². The van der Waals surface area contributed by atoms with E-state index in [-0.39, 0.29) is 11.6 Å². The summed E-state index contributed by atoms with van der Waals surface area (Å²) in [5.41, 5.74) is 6.11. The molecule has 0 aliphatic carbocycles. The van der Waals surface area contributed by atoms with Crippen LogP contribution in [-0.4, -0.2) is 18.2 Å². The van der Waals surface area contributed by atoms with Crippen molar-refractivity contribution in [3.05, 3.63) is 20.8 Å². The van der Waals surface area contributed by atoms with E-state index in [0.717, 1.165) is 25.9 Å². The lowest BCUT2D eigenvalue weighted by Crippen LogP contribution is -2.46. The lowest BCUT2D eigenvalue weighted by atomic mass is 9.91. The highest BCUT2D eigenvalue weighted by Crippen LogP contribution is 2.32. The molecule has 1 aliphatic heterocycles. The summed E-state index contributed by atoms with van der Waals surface area (Å²) < 4.78 is 6.93. The molecule has 2 N–H and O–H groups in total. The fourth-order valence-electron chi connectivity index (χ4n) is 1.98. The van der Waals surface area contributed by atoms with Crippen LogP contribution in [0.2, 0.25) is 0 Å². The molecule has 2 nitrogen and oxygen atoms in total. The fourth-order valence-corrected chi connectivity index (χ4v) is 3.55. The van der Waals surface area contributed by atoms with Crippen molar-refractivity contribution in [2.24, 2.45) is 5.73 Å². The highest BCUT2D eigenvalue weighted by atomic mass is 79.9. The van der Waals surface area contributed by atoms with Gasteiger partial charge in [0.1, 0.15) is 0 Å². The van der Waals surface area contributed by atoms with E-state index in [0.29, 0.717) is 0 Å². The molecule has 0 saturated carbocycles. The number of hydrogen-bond acceptors (Lipinski definition) is 3. The minimum absolute atomic E-state index is 0.0925. The van der Waals surface area contributed by atoms with Crippen LogP contribution in [0.4, 0.5) is 0 Å². The Morgan fingerprint density at radius 1 is 1.73 bits per heavy atom. The van der Waals surface area contributed by atoms with Crippen molar-refractivity contribution in [3.63, 3.8) is 0 Å². The molecule has 2 rings (SSSR count). The Morgan fingerprint density at radius 2 is 2.53 bits per heavy atom. The van der Waals surface area contributed by atoms with Gasteiger partial charge >= 0.3 is 0 Å². The Kier molecular flexibility index (Phi) is 3.50. The largest absolute Gasteiger partial charge is 0.374 e. The van der Waals surface area contributed by atoms with Gasteiger partial charge in [0.25, 0.3) is 0 Å². The lowest BCUT2D eigenvalue weighted by molar-refractivity contribution is -0.000749. The van der Waals surface area contributed by atoms with E-state index in [4.69, 9.17) is 10.5 Å². The van der Waals surface area contributed by atoms with E-state index in [1.807, 2.05) is 0 Å². The first-order chi connectivity index (χ1) is 7.12. The molecule has 1 saturated heterocycles. The highest BCUT2D eigenvalue weighted by Gasteiger charge is 2.36. The van der Waals surface area contributed by atoms with E-state index in [2.05, 4.69) is 34.3 Å². The molecular weight excluding hydrogens is 274 g/mol. The SMILES string of the molecule is CC1(C(N)Cc2sccc2Br)CCCO1. The molecule has 0 bridgehead atoms. The van der Waals surface area contributed by atoms with Gasteiger partial charge in [-0.25, -0.2) is 0 Å². The van der Waals surface area contributed by atoms with Gasteiger partial charge in [0, 0.05) is 28.4 Å². The minimum atomic E-state index is -0.122. The molecule has 84 valence electrons. The Balaban J connectivity index is 2.03. The van der Waals surface area contributed by atoms with Crippen LogP contribution in [0.3, 0.4) is 0 Å². The summed E-state index contributed by atoms with van der Waals surface area (Å²) in [5.74, 6) is 0. The van der Waals surface area contributed by atoms with E-state index >= 15 is 0 Å². The Hall–Kier alpha value is 0.1000. The van der Waals surface area contributed by atoms with Gasteiger partial charge in [-0.05, 0) is 47.1 Å². The fraction of sp³-hybridized carbons (Fsp3) is 0.636. The topological polar surface area (TPSA) is 35.2 Å². The normalized spacial score (nSPS) is 28.2. The molecule has 2 atom stereocenters. The maximum absolute atomic E-state index is 6.23. The van der Waals surface area contributed by atoms with Crippen molar-refractivity contribution < 1.29 is 4.74 Å². The molecule has 2 heterocycles. The monoisotopic (exact) mass is 289 g/mol. The maximum atomic E-state index is 6.23. The van der Waals surface area contributed by atoms with Crippen LogP contribution in [0.15, 0.2) is 15.9 Å². The third-order valence-electron chi connectivity index (χ3n) is 3.13. The molecule has 1 fully saturated rings. The summed E-state index contributed by atoms with van der Waals surface area (Å²) >= 11 is 5.29. The molecule has 1 aliphatic rings. The van der Waals surface area contributed by atoms with Crippen LogP contribution in [0.5, 0.6) is 0 Å². The number of thiophene rings is 1. The van der Waals surface area contributed by atoms with Crippen molar-refractivity contribution in [1.29, 1.82) is 0 Å². The Bertz CT molecular complexity index is 333. The molecule has 1 aromatic rings. The van der Waals surface area contributed by atoms with Crippen LogP contribution in [0.1, 0.15) is 24.6 Å². The standard InChI is InChI=1S/C11H16BrNOS/c1-11(4-2-5-14-11)10(13)7-9-8(12)3-6-15-9/h3,6,10H,2,4-5,7,13H2,1H3. The van der Waals surface area contributed by atoms with Crippen molar-refractivity contribution in [1.82, 2.24) is 0 Å². The summed E-state index contributed by atoms with van der Waals surface area (Å²) in [4.78, 5) is 1.32. The molecule has 4 heteroatoms. The zero-order valence-electron chi connectivity index (χ0n) is 8.83. The zero-order valence-corrected chi connectivity index (χ0v) is 11.2. The van der Waals surface area contributed by atoms with Gasteiger partial charge < -0.3 is 10.5 Å². The second-order valence-electron chi connectivity index (χ2n) is 4.27. The predicted octanol–water partition coefficient (Wildman–Crippen LogP) is 2.95. The summed E-state index contributed by atoms with van der Waals surface area (Å²) in [6, 6.07) is 2.17. The molecule has 1 aromatic heterocycles. The van der Waals surface area contributed by atoms with E-state index in [1.165, 1.54) is 9.35 Å². The smallest absolute Gasteiger partial charge is 0.0809 e. The summed E-state index contributed by atoms with van der Waals surface area (Å²) in [7, 11) is 0. The van der Waals surface area contributed by atoms with Crippen LogP contribution in [0.25, 0.3) is 0 Å². The average molecular weight is 290 g/mol. The number of nitrogens with two attached hydrogens (primary N) is 1. The molecular formula is C11H16BrNOS. The third kappa shape index (κ3) is 2.44. The third-order valence-corrected chi connectivity index (χ3v) is 5.08. The van der Waals surface area contributed by atoms with Gasteiger partial charge in [0.05, 0.1) is 5.60 Å². The highest BCUT2D eigenvalue weighted by molar-refractivity contribution is 9.10. The molecule has 2 unspecified atom stereocenters. The number of halogens is 1. The molecule has 15 heavy (non-hydrogen) atoms. The molecule has 0 amide bonds. The molecule has 0 radical (unpaired) electrons. The van der Waals surface area contributed by atoms with E-state index in [1.54, 1.807) is 11.3 Å². The first kappa shape index (κ1) is 11.6. The summed E-state index contributed by atoms with van der Waals surface area (Å²) in [6.07, 6.45) is 3.11. The van der Waals surface area contributed by atoms with Crippen LogP contribution < -0.4 is 5.73 Å². The zero-order chi connectivity index (χ0) is 10.9. The van der Waals surface area contributed by atoms with Gasteiger partial charge in [-0.1, -0.05) is 0 Å². The van der Waals surface area contributed by atoms with Crippen molar-refractivity contribution >= 4 is 27.3 Å². The summed E-state index contributed by atoms with van der Waals surface area (Å²) in [6.45, 7) is 2.99. The van der Waals surface area contributed by atoms with Gasteiger partial charge in [0.15, 0.2) is 0 Å². The Morgan fingerprint density at radius 3 is 3.07 bits per heavy atom. The first-order valence-electron chi connectivity index (χ1n) is 5.23. The van der Waals surface area contributed by atoms with Gasteiger partial charge in [-0.2, -0.15) is 0 Å². The van der Waals surface area contributed by atoms with E-state index < -0.39 is 0 Å². The van der Waals surface area contributed by atoms with Crippen molar-refractivity contribution in [2.45, 2.75) is 37.8 Å².